The topological polar surface area (TPSA) is 77.9 Å². The highest BCUT2D eigenvalue weighted by molar-refractivity contribution is 6.39. The minimum Gasteiger partial charge on any atom is -0.337 e. The van der Waals surface area contributed by atoms with E-state index in [1.165, 1.54) is 18.4 Å². The third kappa shape index (κ3) is 4.35. The monoisotopic (exact) mass is 369 g/mol. The molecular weight excluding hydrogens is 342 g/mol. The van der Waals surface area contributed by atoms with Crippen molar-refractivity contribution < 1.29 is 9.59 Å². The summed E-state index contributed by atoms with van der Waals surface area (Å²) in [5, 5.41) is 3.96. The quantitative estimate of drug-likeness (QED) is 0.870. The van der Waals surface area contributed by atoms with Gasteiger partial charge >= 0.3 is 0 Å². The van der Waals surface area contributed by atoms with Gasteiger partial charge in [0.1, 0.15) is 5.71 Å². The van der Waals surface area contributed by atoms with Crippen molar-refractivity contribution >= 4 is 17.5 Å². The molecule has 144 valence electrons. The number of hydrogen-bond acceptors (Lipinski definition) is 5. The van der Waals surface area contributed by atoms with Gasteiger partial charge in [-0.15, -0.1) is 0 Å². The molecule has 0 saturated carbocycles. The number of carbonyl (C=O) groups is 2. The summed E-state index contributed by atoms with van der Waals surface area (Å²) in [6.45, 7) is 4.85. The number of rotatable bonds is 4. The number of carbonyl (C=O) groups excluding carboxylic acids is 2. The van der Waals surface area contributed by atoms with Crippen molar-refractivity contribution in [3.05, 3.63) is 30.1 Å². The largest absolute Gasteiger partial charge is 0.337 e. The molecule has 1 aromatic rings. The molecule has 3 aliphatic heterocycles. The van der Waals surface area contributed by atoms with Gasteiger partial charge in [-0.25, -0.2) is 5.43 Å². The molecule has 1 N–H and O–H groups in total. The van der Waals surface area contributed by atoms with Crippen molar-refractivity contribution in [2.75, 3.05) is 26.2 Å². The first-order valence-corrected chi connectivity index (χ1v) is 9.95. The van der Waals surface area contributed by atoms with Crippen molar-refractivity contribution in [1.82, 2.24) is 20.2 Å². The minimum absolute atomic E-state index is 0.00603. The zero-order chi connectivity index (χ0) is 18.6. The Morgan fingerprint density at radius 1 is 1.15 bits per heavy atom. The second-order valence-electron chi connectivity index (χ2n) is 7.87. The molecule has 2 fully saturated rings. The summed E-state index contributed by atoms with van der Waals surface area (Å²) in [6, 6.07) is 4.13. The molecule has 0 aliphatic carbocycles. The number of aromatic nitrogens is 1. The molecule has 1 unspecified atom stereocenters. The molecule has 4 rings (SSSR count). The highest BCUT2D eigenvalue weighted by Gasteiger charge is 2.35. The molecule has 3 aliphatic rings. The average Bonchev–Trinajstić information content (AvgIpc) is 3.20. The van der Waals surface area contributed by atoms with Gasteiger partial charge in [0.15, 0.2) is 0 Å². The lowest BCUT2D eigenvalue weighted by Crippen LogP contribution is -2.40. The van der Waals surface area contributed by atoms with Gasteiger partial charge < -0.3 is 4.90 Å². The smallest absolute Gasteiger partial charge is 0.270 e. The molecule has 4 heterocycles. The summed E-state index contributed by atoms with van der Waals surface area (Å²) in [6.07, 6.45) is 8.06. The predicted molar refractivity (Wildman–Crippen MR) is 102 cm³/mol. The molecule has 0 bridgehead atoms. The molecule has 1 aromatic heterocycles. The van der Waals surface area contributed by atoms with Crippen LogP contribution in [0.3, 0.4) is 0 Å². The van der Waals surface area contributed by atoms with Crippen molar-refractivity contribution in [3.63, 3.8) is 0 Å². The van der Waals surface area contributed by atoms with Gasteiger partial charge in [0.25, 0.3) is 5.91 Å². The van der Waals surface area contributed by atoms with Gasteiger partial charge in [-0.05, 0) is 55.8 Å². The Labute approximate surface area is 159 Å². The van der Waals surface area contributed by atoms with Crippen LogP contribution in [0, 0.1) is 11.8 Å². The second-order valence-corrected chi connectivity index (χ2v) is 7.87. The summed E-state index contributed by atoms with van der Waals surface area (Å²) >= 11 is 0. The van der Waals surface area contributed by atoms with Crippen LogP contribution in [0.5, 0.6) is 0 Å². The van der Waals surface area contributed by atoms with E-state index in [2.05, 4.69) is 26.5 Å². The van der Waals surface area contributed by atoms with E-state index in [1.807, 2.05) is 23.4 Å². The van der Waals surface area contributed by atoms with E-state index < -0.39 is 0 Å². The first-order chi connectivity index (χ1) is 13.2. The van der Waals surface area contributed by atoms with Gasteiger partial charge in [0.2, 0.25) is 5.91 Å². The fourth-order valence-corrected chi connectivity index (χ4v) is 4.50. The Bertz CT molecular complexity index is 712. The second kappa shape index (κ2) is 8.17. The Hall–Kier alpha value is -2.28. The Balaban J connectivity index is 1.25. The summed E-state index contributed by atoms with van der Waals surface area (Å²) < 4.78 is 0. The fraction of sp³-hybridized carbons (Fsp3) is 0.600. The van der Waals surface area contributed by atoms with Gasteiger partial charge in [-0.1, -0.05) is 6.07 Å². The Morgan fingerprint density at radius 3 is 2.67 bits per heavy atom. The first-order valence-electron chi connectivity index (χ1n) is 9.95. The van der Waals surface area contributed by atoms with E-state index in [0.29, 0.717) is 30.4 Å². The molecule has 0 radical (unpaired) electrons. The number of amides is 2. The van der Waals surface area contributed by atoms with Crippen molar-refractivity contribution in [3.8, 4) is 0 Å². The number of nitrogens with one attached hydrogen (secondary N) is 1. The van der Waals surface area contributed by atoms with Crippen molar-refractivity contribution in [2.24, 2.45) is 16.9 Å². The van der Waals surface area contributed by atoms with Gasteiger partial charge in [-0.3, -0.25) is 19.5 Å². The molecule has 7 heteroatoms. The Morgan fingerprint density at radius 2 is 1.96 bits per heavy atom. The molecule has 27 heavy (non-hydrogen) atoms. The number of hydrazone groups is 1. The number of nitrogens with zero attached hydrogens (tertiary/aromatic N) is 4. The van der Waals surface area contributed by atoms with E-state index >= 15 is 0 Å². The van der Waals surface area contributed by atoms with Crippen LogP contribution in [0.2, 0.25) is 0 Å². The van der Waals surface area contributed by atoms with Crippen LogP contribution in [0.25, 0.3) is 0 Å². The zero-order valence-corrected chi connectivity index (χ0v) is 15.6. The van der Waals surface area contributed by atoms with Gasteiger partial charge in [0.05, 0.1) is 0 Å². The van der Waals surface area contributed by atoms with E-state index in [4.69, 9.17) is 0 Å². The molecular formula is C20H27N5O2. The highest BCUT2D eigenvalue weighted by atomic mass is 16.2. The number of likely N-dealkylation sites (tertiary alicyclic amines) is 2. The summed E-state index contributed by atoms with van der Waals surface area (Å²) in [7, 11) is 0. The minimum atomic E-state index is -0.108. The van der Waals surface area contributed by atoms with Crippen LogP contribution in [0.1, 0.15) is 37.7 Å². The highest BCUT2D eigenvalue weighted by Crippen LogP contribution is 2.32. The lowest BCUT2D eigenvalue weighted by molar-refractivity contribution is -0.124. The number of pyridine rings is 1. The molecule has 0 spiro atoms. The summed E-state index contributed by atoms with van der Waals surface area (Å²) in [4.78, 5) is 32.5. The van der Waals surface area contributed by atoms with E-state index in [0.717, 1.165) is 39.1 Å². The number of piperidine rings is 1. The maximum absolute atomic E-state index is 12.6. The number of hydrogen-bond donors (Lipinski definition) is 1. The first kappa shape index (κ1) is 18.1. The molecule has 2 amide bonds. The van der Waals surface area contributed by atoms with E-state index in [9.17, 15) is 9.59 Å². The van der Waals surface area contributed by atoms with Crippen molar-refractivity contribution in [1.29, 1.82) is 0 Å². The van der Waals surface area contributed by atoms with E-state index in [1.54, 1.807) is 0 Å². The summed E-state index contributed by atoms with van der Waals surface area (Å²) in [5.41, 5.74) is 4.20. The lowest BCUT2D eigenvalue weighted by Gasteiger charge is -2.34. The molecule has 2 saturated heterocycles. The zero-order valence-electron chi connectivity index (χ0n) is 15.6. The maximum atomic E-state index is 12.6. The average molecular weight is 369 g/mol. The van der Waals surface area contributed by atoms with Gasteiger partial charge in [0, 0.05) is 44.9 Å². The molecule has 0 aromatic carbocycles. The van der Waals surface area contributed by atoms with E-state index in [-0.39, 0.29) is 11.8 Å². The molecule has 1 atom stereocenters. The van der Waals surface area contributed by atoms with Crippen LogP contribution in [-0.2, 0) is 16.1 Å². The summed E-state index contributed by atoms with van der Waals surface area (Å²) in [5.74, 6) is 1.18. The van der Waals surface area contributed by atoms with Gasteiger partial charge in [-0.2, -0.15) is 5.10 Å². The third-order valence-corrected chi connectivity index (χ3v) is 6.09. The van der Waals surface area contributed by atoms with Crippen molar-refractivity contribution in [2.45, 2.75) is 38.6 Å². The van der Waals surface area contributed by atoms with Crippen LogP contribution in [0.4, 0.5) is 0 Å². The third-order valence-electron chi connectivity index (χ3n) is 6.09. The van der Waals surface area contributed by atoms with Crippen LogP contribution in [0.15, 0.2) is 29.6 Å². The standard InChI is InChI=1S/C20H27N5O2/c26-19-4-3-18(22-23-19)20(27)25-11-7-17(14-25)16-5-9-24(10-6-16)13-15-2-1-8-21-12-15/h1-2,8,12,16-17H,3-7,9-11,13-14H2,(H,23,26). The maximum Gasteiger partial charge on any atom is 0.270 e. The SMILES string of the molecule is O=C1CCC(C(=O)N2CCC(C3CCN(Cc4cccnc4)CC3)C2)=NN1. The van der Waals surface area contributed by atoms with Crippen LogP contribution < -0.4 is 5.43 Å². The lowest BCUT2D eigenvalue weighted by atomic mass is 9.83. The molecule has 7 nitrogen and oxygen atoms in total. The Kier molecular flexibility index (Phi) is 5.48. The predicted octanol–water partition coefficient (Wildman–Crippen LogP) is 1.41. The normalized spacial score (nSPS) is 24.6. The van der Waals surface area contributed by atoms with Crippen LogP contribution >= 0.6 is 0 Å². The van der Waals surface area contributed by atoms with Crippen LogP contribution in [-0.4, -0.2) is 58.5 Å². The fourth-order valence-electron chi connectivity index (χ4n) is 4.50.